The van der Waals surface area contributed by atoms with Gasteiger partial charge in [-0.2, -0.15) is 0 Å². The maximum atomic E-state index is 5.58. The predicted octanol–water partition coefficient (Wildman–Crippen LogP) is 1.92. The van der Waals surface area contributed by atoms with Crippen LogP contribution in [-0.4, -0.2) is 21.3 Å². The molecule has 2 heterocycles. The number of rotatable bonds is 5. The lowest BCUT2D eigenvalue weighted by Gasteiger charge is -2.10. The molecule has 96 valence electrons. The van der Waals surface area contributed by atoms with Crippen LogP contribution in [-0.2, 0) is 19.4 Å². The highest BCUT2D eigenvalue weighted by atomic mass is 15.3. The van der Waals surface area contributed by atoms with E-state index < -0.39 is 0 Å². The summed E-state index contributed by atoms with van der Waals surface area (Å²) in [4.78, 5) is 0. The zero-order chi connectivity index (χ0) is 12.1. The summed E-state index contributed by atoms with van der Waals surface area (Å²) in [5, 5.41) is 8.68. The molecule has 0 fully saturated rings. The Balaban J connectivity index is 1.94. The van der Waals surface area contributed by atoms with Crippen molar-refractivity contribution in [1.82, 2.24) is 14.8 Å². The van der Waals surface area contributed by atoms with Crippen molar-refractivity contribution in [3.05, 3.63) is 11.6 Å². The average molecular weight is 236 g/mol. The molecule has 17 heavy (non-hydrogen) atoms. The SMILES string of the molecule is CC(CCN)CCc1nnc2n1CCCCC2. The first-order chi connectivity index (χ1) is 8.31. The van der Waals surface area contributed by atoms with Gasteiger partial charge in [0.2, 0.25) is 0 Å². The molecule has 2 rings (SSSR count). The Kier molecular flexibility index (Phi) is 4.54. The molecule has 0 saturated heterocycles. The third-order valence-electron chi connectivity index (χ3n) is 3.71. The Bertz CT molecular complexity index is 345. The van der Waals surface area contributed by atoms with Gasteiger partial charge in [-0.05, 0) is 38.1 Å². The van der Waals surface area contributed by atoms with Crippen LogP contribution in [0.3, 0.4) is 0 Å². The van der Waals surface area contributed by atoms with Crippen molar-refractivity contribution in [2.45, 2.75) is 58.4 Å². The van der Waals surface area contributed by atoms with Crippen molar-refractivity contribution in [1.29, 1.82) is 0 Å². The van der Waals surface area contributed by atoms with Gasteiger partial charge >= 0.3 is 0 Å². The zero-order valence-electron chi connectivity index (χ0n) is 10.9. The second kappa shape index (κ2) is 6.15. The van der Waals surface area contributed by atoms with Crippen molar-refractivity contribution >= 4 is 0 Å². The molecule has 4 heteroatoms. The van der Waals surface area contributed by atoms with E-state index in [1.807, 2.05) is 0 Å². The highest BCUT2D eigenvalue weighted by Crippen LogP contribution is 2.17. The minimum Gasteiger partial charge on any atom is -0.330 e. The van der Waals surface area contributed by atoms with Gasteiger partial charge in [-0.25, -0.2) is 0 Å². The number of aromatic nitrogens is 3. The lowest BCUT2D eigenvalue weighted by molar-refractivity contribution is 0.483. The molecule has 0 radical (unpaired) electrons. The van der Waals surface area contributed by atoms with E-state index in [2.05, 4.69) is 21.7 Å². The number of hydrogen-bond donors (Lipinski definition) is 1. The van der Waals surface area contributed by atoms with E-state index in [1.165, 1.54) is 37.3 Å². The second-order valence-electron chi connectivity index (χ2n) is 5.22. The molecule has 1 aliphatic heterocycles. The van der Waals surface area contributed by atoms with Gasteiger partial charge in [0.1, 0.15) is 11.6 Å². The van der Waals surface area contributed by atoms with E-state index in [-0.39, 0.29) is 0 Å². The van der Waals surface area contributed by atoms with Gasteiger partial charge in [0.05, 0.1) is 0 Å². The highest BCUT2D eigenvalue weighted by molar-refractivity contribution is 4.98. The number of aryl methyl sites for hydroxylation is 2. The highest BCUT2D eigenvalue weighted by Gasteiger charge is 2.14. The third kappa shape index (κ3) is 3.28. The molecule has 1 unspecified atom stereocenters. The van der Waals surface area contributed by atoms with Crippen molar-refractivity contribution in [2.75, 3.05) is 6.54 Å². The average Bonchev–Trinajstić information content (AvgIpc) is 2.56. The van der Waals surface area contributed by atoms with E-state index in [1.54, 1.807) is 0 Å². The van der Waals surface area contributed by atoms with Gasteiger partial charge in [-0.15, -0.1) is 10.2 Å². The van der Waals surface area contributed by atoms with Gasteiger partial charge in [0.25, 0.3) is 0 Å². The summed E-state index contributed by atoms with van der Waals surface area (Å²) >= 11 is 0. The number of fused-ring (bicyclic) bond motifs is 1. The lowest BCUT2D eigenvalue weighted by Crippen LogP contribution is -2.10. The summed E-state index contributed by atoms with van der Waals surface area (Å²) in [6, 6.07) is 0. The van der Waals surface area contributed by atoms with Crippen LogP contribution in [0, 0.1) is 5.92 Å². The fourth-order valence-electron chi connectivity index (χ4n) is 2.53. The molecule has 0 amide bonds. The summed E-state index contributed by atoms with van der Waals surface area (Å²) in [5.74, 6) is 3.08. The standard InChI is InChI=1S/C13H24N4/c1-11(8-9-14)6-7-13-16-15-12-5-3-2-4-10-17(12)13/h11H,2-10,14H2,1H3. The van der Waals surface area contributed by atoms with Crippen LogP contribution < -0.4 is 5.73 Å². The quantitative estimate of drug-likeness (QED) is 0.849. The Morgan fingerprint density at radius 3 is 2.94 bits per heavy atom. The lowest BCUT2D eigenvalue weighted by atomic mass is 10.0. The molecule has 1 atom stereocenters. The predicted molar refractivity (Wildman–Crippen MR) is 68.7 cm³/mol. The molecule has 0 aliphatic carbocycles. The largest absolute Gasteiger partial charge is 0.330 e. The Morgan fingerprint density at radius 1 is 1.24 bits per heavy atom. The fourth-order valence-corrected chi connectivity index (χ4v) is 2.53. The van der Waals surface area contributed by atoms with Crippen LogP contribution in [0.5, 0.6) is 0 Å². The molecular weight excluding hydrogens is 212 g/mol. The van der Waals surface area contributed by atoms with Gasteiger partial charge in [0, 0.05) is 19.4 Å². The molecule has 1 aromatic rings. The maximum absolute atomic E-state index is 5.58. The normalized spacial score (nSPS) is 17.5. The van der Waals surface area contributed by atoms with Crippen molar-refractivity contribution in [3.63, 3.8) is 0 Å². The first kappa shape index (κ1) is 12.6. The minimum absolute atomic E-state index is 0.693. The molecule has 1 aliphatic rings. The summed E-state index contributed by atoms with van der Waals surface area (Å²) in [6.45, 7) is 4.18. The minimum atomic E-state index is 0.693. The molecular formula is C13H24N4. The van der Waals surface area contributed by atoms with E-state index >= 15 is 0 Å². The number of hydrogen-bond acceptors (Lipinski definition) is 3. The molecule has 0 saturated carbocycles. The summed E-state index contributed by atoms with van der Waals surface area (Å²) in [5.41, 5.74) is 5.58. The maximum Gasteiger partial charge on any atom is 0.133 e. The van der Waals surface area contributed by atoms with Crippen molar-refractivity contribution in [2.24, 2.45) is 11.7 Å². The summed E-state index contributed by atoms with van der Waals surface area (Å²) < 4.78 is 2.35. The third-order valence-corrected chi connectivity index (χ3v) is 3.71. The summed E-state index contributed by atoms with van der Waals surface area (Å²) in [6.07, 6.45) is 8.31. The van der Waals surface area contributed by atoms with E-state index in [4.69, 9.17) is 5.73 Å². The molecule has 1 aromatic heterocycles. The molecule has 2 N–H and O–H groups in total. The molecule has 0 bridgehead atoms. The van der Waals surface area contributed by atoms with Crippen LogP contribution in [0.4, 0.5) is 0 Å². The first-order valence-electron chi connectivity index (χ1n) is 6.92. The van der Waals surface area contributed by atoms with Crippen LogP contribution in [0.25, 0.3) is 0 Å². The van der Waals surface area contributed by atoms with Crippen LogP contribution in [0.15, 0.2) is 0 Å². The Labute approximate surface area is 104 Å². The molecule has 0 spiro atoms. The summed E-state index contributed by atoms with van der Waals surface area (Å²) in [7, 11) is 0. The second-order valence-corrected chi connectivity index (χ2v) is 5.22. The van der Waals surface area contributed by atoms with Crippen LogP contribution in [0.2, 0.25) is 0 Å². The molecule has 4 nitrogen and oxygen atoms in total. The Morgan fingerprint density at radius 2 is 2.12 bits per heavy atom. The first-order valence-corrected chi connectivity index (χ1v) is 6.92. The van der Waals surface area contributed by atoms with Gasteiger partial charge in [0.15, 0.2) is 0 Å². The number of nitrogens with zero attached hydrogens (tertiary/aromatic N) is 3. The Hall–Kier alpha value is -0.900. The van der Waals surface area contributed by atoms with E-state index in [0.717, 1.165) is 32.4 Å². The van der Waals surface area contributed by atoms with Gasteiger partial charge in [-0.1, -0.05) is 13.3 Å². The zero-order valence-corrected chi connectivity index (χ0v) is 10.9. The smallest absolute Gasteiger partial charge is 0.133 e. The van der Waals surface area contributed by atoms with E-state index in [0.29, 0.717) is 5.92 Å². The fraction of sp³-hybridized carbons (Fsp3) is 0.846. The topological polar surface area (TPSA) is 56.7 Å². The van der Waals surface area contributed by atoms with Gasteiger partial charge < -0.3 is 10.3 Å². The molecule has 0 aromatic carbocycles. The van der Waals surface area contributed by atoms with Crippen molar-refractivity contribution in [3.8, 4) is 0 Å². The monoisotopic (exact) mass is 236 g/mol. The van der Waals surface area contributed by atoms with E-state index in [9.17, 15) is 0 Å². The van der Waals surface area contributed by atoms with Crippen LogP contribution in [0.1, 0.15) is 50.7 Å². The number of nitrogens with two attached hydrogens (primary N) is 1. The van der Waals surface area contributed by atoms with Gasteiger partial charge in [-0.3, -0.25) is 0 Å². The van der Waals surface area contributed by atoms with Crippen molar-refractivity contribution < 1.29 is 0 Å². The van der Waals surface area contributed by atoms with Crippen LogP contribution >= 0.6 is 0 Å².